The lowest BCUT2D eigenvalue weighted by molar-refractivity contribution is 0.111. The molecule has 106 valence electrons. The van der Waals surface area contributed by atoms with Gasteiger partial charge in [0.05, 0.1) is 0 Å². The van der Waals surface area contributed by atoms with Crippen molar-refractivity contribution < 1.29 is 0 Å². The molecule has 1 fully saturated rings. The predicted molar refractivity (Wildman–Crippen MR) is 81.5 cm³/mol. The van der Waals surface area contributed by atoms with Gasteiger partial charge < -0.3 is 10.6 Å². The topological polar surface area (TPSA) is 32.5 Å². The number of nitrogens with two attached hydrogens (primary N) is 1. The van der Waals surface area contributed by atoms with Crippen LogP contribution in [0.5, 0.6) is 0 Å². The summed E-state index contributed by atoms with van der Waals surface area (Å²) in [6, 6.07) is 9.00. The molecule has 0 amide bonds. The first kappa shape index (κ1) is 14.8. The molecule has 0 spiro atoms. The molecule has 0 radical (unpaired) electrons. The van der Waals surface area contributed by atoms with E-state index in [0.29, 0.717) is 12.6 Å². The molecule has 1 atom stereocenters. The second kappa shape index (κ2) is 6.71. The average molecular weight is 282 g/mol. The van der Waals surface area contributed by atoms with E-state index in [1.807, 2.05) is 18.2 Å². The van der Waals surface area contributed by atoms with Crippen molar-refractivity contribution in [1.82, 2.24) is 9.80 Å². The first-order valence-corrected chi connectivity index (χ1v) is 7.36. The standard InChI is InChI=1S/C15H24ClN3/c1-18(2)12-7-9-19(10-8-12)15(11-17)13-5-3-4-6-14(13)16/h3-6,12,15H,7-11,17H2,1-2H3. The monoisotopic (exact) mass is 281 g/mol. The number of likely N-dealkylation sites (tertiary alicyclic amines) is 1. The molecule has 2 N–H and O–H groups in total. The Balaban J connectivity index is 2.06. The molecule has 4 heteroatoms. The normalized spacial score (nSPS) is 19.8. The molecule has 0 bridgehead atoms. The van der Waals surface area contributed by atoms with Crippen LogP contribution in [0, 0.1) is 0 Å². The first-order valence-electron chi connectivity index (χ1n) is 6.98. The zero-order valence-electron chi connectivity index (χ0n) is 11.8. The predicted octanol–water partition coefficient (Wildman–Crippen LogP) is 2.37. The third kappa shape index (κ3) is 3.48. The van der Waals surface area contributed by atoms with Gasteiger partial charge in [-0.3, -0.25) is 4.90 Å². The highest BCUT2D eigenvalue weighted by atomic mass is 35.5. The molecule has 1 heterocycles. The molecule has 0 aromatic heterocycles. The molecular formula is C15H24ClN3. The van der Waals surface area contributed by atoms with Crippen LogP contribution in [-0.2, 0) is 0 Å². The lowest BCUT2D eigenvalue weighted by Gasteiger charge is -2.39. The Kier molecular flexibility index (Phi) is 5.22. The summed E-state index contributed by atoms with van der Waals surface area (Å²) in [6.45, 7) is 2.81. The fourth-order valence-electron chi connectivity index (χ4n) is 2.93. The van der Waals surface area contributed by atoms with Crippen LogP contribution in [-0.4, -0.2) is 49.6 Å². The third-order valence-corrected chi connectivity index (χ3v) is 4.50. The van der Waals surface area contributed by atoms with E-state index in [2.05, 4.69) is 30.0 Å². The average Bonchev–Trinajstić information content (AvgIpc) is 2.42. The van der Waals surface area contributed by atoms with E-state index in [1.54, 1.807) is 0 Å². The van der Waals surface area contributed by atoms with Gasteiger partial charge in [-0.25, -0.2) is 0 Å². The van der Waals surface area contributed by atoms with E-state index < -0.39 is 0 Å². The van der Waals surface area contributed by atoms with E-state index in [1.165, 1.54) is 12.8 Å². The van der Waals surface area contributed by atoms with Crippen LogP contribution in [0.3, 0.4) is 0 Å². The highest BCUT2D eigenvalue weighted by Gasteiger charge is 2.27. The highest BCUT2D eigenvalue weighted by molar-refractivity contribution is 6.31. The number of nitrogens with zero attached hydrogens (tertiary/aromatic N) is 2. The molecule has 0 aliphatic carbocycles. The van der Waals surface area contributed by atoms with E-state index >= 15 is 0 Å². The summed E-state index contributed by atoms with van der Waals surface area (Å²) in [5.74, 6) is 0. The Morgan fingerprint density at radius 1 is 1.32 bits per heavy atom. The second-order valence-electron chi connectivity index (χ2n) is 5.50. The van der Waals surface area contributed by atoms with Gasteiger partial charge in [0.1, 0.15) is 0 Å². The summed E-state index contributed by atoms with van der Waals surface area (Å²) in [7, 11) is 4.32. The smallest absolute Gasteiger partial charge is 0.0485 e. The number of halogens is 1. The largest absolute Gasteiger partial charge is 0.329 e. The molecule has 1 aromatic carbocycles. The second-order valence-corrected chi connectivity index (χ2v) is 5.91. The third-order valence-electron chi connectivity index (χ3n) is 4.16. The van der Waals surface area contributed by atoms with Crippen molar-refractivity contribution in [1.29, 1.82) is 0 Å². The van der Waals surface area contributed by atoms with E-state index in [9.17, 15) is 0 Å². The van der Waals surface area contributed by atoms with Gasteiger partial charge in [-0.2, -0.15) is 0 Å². The zero-order chi connectivity index (χ0) is 13.8. The van der Waals surface area contributed by atoms with Crippen molar-refractivity contribution in [3.63, 3.8) is 0 Å². The minimum Gasteiger partial charge on any atom is -0.329 e. The summed E-state index contributed by atoms with van der Waals surface area (Å²) in [4.78, 5) is 4.80. The maximum atomic E-state index is 6.31. The Hall–Kier alpha value is -0.610. The number of hydrogen-bond donors (Lipinski definition) is 1. The molecule has 3 nitrogen and oxygen atoms in total. The van der Waals surface area contributed by atoms with Crippen molar-refractivity contribution >= 4 is 11.6 Å². The van der Waals surface area contributed by atoms with Crippen LogP contribution < -0.4 is 5.73 Å². The molecule has 19 heavy (non-hydrogen) atoms. The Morgan fingerprint density at radius 2 is 1.95 bits per heavy atom. The minimum absolute atomic E-state index is 0.247. The Morgan fingerprint density at radius 3 is 2.47 bits per heavy atom. The van der Waals surface area contributed by atoms with Crippen molar-refractivity contribution in [3.8, 4) is 0 Å². The number of rotatable bonds is 4. The maximum Gasteiger partial charge on any atom is 0.0485 e. The van der Waals surface area contributed by atoms with Gasteiger partial charge in [-0.1, -0.05) is 29.8 Å². The number of benzene rings is 1. The molecule has 1 aromatic rings. The fourth-order valence-corrected chi connectivity index (χ4v) is 3.19. The van der Waals surface area contributed by atoms with Gasteiger partial charge in [0.25, 0.3) is 0 Å². The van der Waals surface area contributed by atoms with Crippen LogP contribution in [0.25, 0.3) is 0 Å². The highest BCUT2D eigenvalue weighted by Crippen LogP contribution is 2.29. The maximum absolute atomic E-state index is 6.31. The summed E-state index contributed by atoms with van der Waals surface area (Å²) < 4.78 is 0. The van der Waals surface area contributed by atoms with Crippen molar-refractivity contribution in [3.05, 3.63) is 34.9 Å². The van der Waals surface area contributed by atoms with Gasteiger partial charge in [0.2, 0.25) is 0 Å². The molecule has 1 unspecified atom stereocenters. The SMILES string of the molecule is CN(C)C1CCN(C(CN)c2ccccc2Cl)CC1. The minimum atomic E-state index is 0.247. The van der Waals surface area contributed by atoms with Crippen LogP contribution in [0.1, 0.15) is 24.4 Å². The molecule has 1 aliphatic heterocycles. The fraction of sp³-hybridized carbons (Fsp3) is 0.600. The summed E-state index contributed by atoms with van der Waals surface area (Å²) in [5.41, 5.74) is 7.15. The molecule has 0 saturated carbocycles. The van der Waals surface area contributed by atoms with Crippen LogP contribution in [0.2, 0.25) is 5.02 Å². The molecular weight excluding hydrogens is 258 g/mol. The lowest BCUT2D eigenvalue weighted by atomic mass is 9.98. The quantitative estimate of drug-likeness (QED) is 0.920. The lowest BCUT2D eigenvalue weighted by Crippen LogP contribution is -2.45. The van der Waals surface area contributed by atoms with Crippen molar-refractivity contribution in [2.45, 2.75) is 24.9 Å². The first-order chi connectivity index (χ1) is 9.13. The Labute approximate surface area is 121 Å². The molecule has 2 rings (SSSR count). The summed E-state index contributed by atoms with van der Waals surface area (Å²) in [5, 5.41) is 0.827. The zero-order valence-corrected chi connectivity index (χ0v) is 12.6. The van der Waals surface area contributed by atoms with Gasteiger partial charge in [0, 0.05) is 36.7 Å². The van der Waals surface area contributed by atoms with E-state index in [-0.39, 0.29) is 6.04 Å². The Bertz CT molecular complexity index is 400. The van der Waals surface area contributed by atoms with Crippen molar-refractivity contribution in [2.24, 2.45) is 5.73 Å². The van der Waals surface area contributed by atoms with Gasteiger partial charge in [0.15, 0.2) is 0 Å². The van der Waals surface area contributed by atoms with Crippen LogP contribution in [0.4, 0.5) is 0 Å². The molecule has 1 aliphatic rings. The summed E-state index contributed by atoms with van der Waals surface area (Å²) >= 11 is 6.31. The van der Waals surface area contributed by atoms with Gasteiger partial charge >= 0.3 is 0 Å². The molecule has 1 saturated heterocycles. The summed E-state index contributed by atoms with van der Waals surface area (Å²) in [6.07, 6.45) is 2.40. The van der Waals surface area contributed by atoms with Gasteiger partial charge in [-0.15, -0.1) is 0 Å². The van der Waals surface area contributed by atoms with E-state index in [0.717, 1.165) is 23.7 Å². The van der Waals surface area contributed by atoms with Crippen molar-refractivity contribution in [2.75, 3.05) is 33.7 Å². The van der Waals surface area contributed by atoms with Crippen LogP contribution >= 0.6 is 11.6 Å². The van der Waals surface area contributed by atoms with Crippen LogP contribution in [0.15, 0.2) is 24.3 Å². The van der Waals surface area contributed by atoms with Gasteiger partial charge in [-0.05, 0) is 38.6 Å². The number of hydrogen-bond acceptors (Lipinski definition) is 3. The number of piperidine rings is 1. The van der Waals surface area contributed by atoms with E-state index in [4.69, 9.17) is 17.3 Å².